The molecule has 16 heavy (non-hydrogen) atoms. The Labute approximate surface area is 109 Å². The van der Waals surface area contributed by atoms with Crippen LogP contribution in [0.1, 0.15) is 18.9 Å². The molecule has 0 aliphatic carbocycles. The first-order valence-corrected chi connectivity index (χ1v) is 6.12. The molecule has 4 heteroatoms. The third kappa shape index (κ3) is 5.33. The minimum Gasteiger partial charge on any atom is -0.356 e. The summed E-state index contributed by atoms with van der Waals surface area (Å²) in [6.45, 7) is 2.17. The second-order valence-electron chi connectivity index (χ2n) is 3.38. The molecule has 0 saturated carbocycles. The standard InChI is InChI=1S/C12H13BrClNO/c1-9(16)15-5-3-2-4-10-6-11(13)8-12(14)7-10/h2,4,6-8H,3,5H2,1H3,(H,15,16). The molecule has 0 atom stereocenters. The van der Waals surface area contributed by atoms with Gasteiger partial charge in [0, 0.05) is 23.0 Å². The Kier molecular flexibility index (Phi) is 5.56. The van der Waals surface area contributed by atoms with E-state index in [-0.39, 0.29) is 5.91 Å². The number of amides is 1. The molecule has 86 valence electrons. The number of benzene rings is 1. The van der Waals surface area contributed by atoms with E-state index in [1.807, 2.05) is 30.4 Å². The van der Waals surface area contributed by atoms with Crippen LogP contribution >= 0.6 is 27.5 Å². The lowest BCUT2D eigenvalue weighted by Crippen LogP contribution is -2.20. The van der Waals surface area contributed by atoms with Crippen molar-refractivity contribution in [3.63, 3.8) is 0 Å². The minimum atomic E-state index is -0.00102. The van der Waals surface area contributed by atoms with Crippen molar-refractivity contribution < 1.29 is 4.79 Å². The van der Waals surface area contributed by atoms with E-state index < -0.39 is 0 Å². The molecule has 0 heterocycles. The van der Waals surface area contributed by atoms with E-state index in [1.54, 1.807) is 0 Å². The molecule has 0 fully saturated rings. The van der Waals surface area contributed by atoms with Gasteiger partial charge in [-0.25, -0.2) is 0 Å². The molecular weight excluding hydrogens is 289 g/mol. The zero-order valence-corrected chi connectivity index (χ0v) is 11.3. The predicted molar refractivity (Wildman–Crippen MR) is 71.5 cm³/mol. The summed E-state index contributed by atoms with van der Waals surface area (Å²) < 4.78 is 0.960. The van der Waals surface area contributed by atoms with Crippen molar-refractivity contribution in [3.05, 3.63) is 39.3 Å². The van der Waals surface area contributed by atoms with E-state index in [0.717, 1.165) is 16.5 Å². The van der Waals surface area contributed by atoms with E-state index in [2.05, 4.69) is 21.2 Å². The van der Waals surface area contributed by atoms with Gasteiger partial charge < -0.3 is 5.32 Å². The molecular formula is C12H13BrClNO. The highest BCUT2D eigenvalue weighted by atomic mass is 79.9. The average molecular weight is 303 g/mol. The van der Waals surface area contributed by atoms with E-state index >= 15 is 0 Å². The molecule has 0 saturated heterocycles. The molecule has 0 spiro atoms. The van der Waals surface area contributed by atoms with Gasteiger partial charge in [0.15, 0.2) is 0 Å². The Bertz CT molecular complexity index is 384. The molecule has 1 aromatic carbocycles. The number of hydrogen-bond donors (Lipinski definition) is 1. The van der Waals surface area contributed by atoms with Crippen LogP contribution in [0.5, 0.6) is 0 Å². The smallest absolute Gasteiger partial charge is 0.216 e. The topological polar surface area (TPSA) is 29.1 Å². The maximum atomic E-state index is 10.6. The predicted octanol–water partition coefficient (Wildman–Crippen LogP) is 3.64. The lowest BCUT2D eigenvalue weighted by Gasteiger charge is -1.98. The van der Waals surface area contributed by atoms with E-state index in [0.29, 0.717) is 11.6 Å². The zero-order valence-electron chi connectivity index (χ0n) is 8.97. The largest absolute Gasteiger partial charge is 0.356 e. The fourth-order valence-corrected chi connectivity index (χ4v) is 2.11. The van der Waals surface area contributed by atoms with Gasteiger partial charge in [-0.1, -0.05) is 39.7 Å². The fourth-order valence-electron chi connectivity index (χ4n) is 1.22. The number of carbonyl (C=O) groups excluding carboxylic acids is 1. The lowest BCUT2D eigenvalue weighted by atomic mass is 10.2. The Hall–Kier alpha value is -0.800. The molecule has 0 aliphatic rings. The first-order valence-electron chi connectivity index (χ1n) is 4.95. The Morgan fingerprint density at radius 3 is 2.88 bits per heavy atom. The van der Waals surface area contributed by atoms with Gasteiger partial charge >= 0.3 is 0 Å². The quantitative estimate of drug-likeness (QED) is 0.845. The summed E-state index contributed by atoms with van der Waals surface area (Å²) in [6.07, 6.45) is 4.80. The van der Waals surface area contributed by atoms with Crippen LogP contribution in [-0.2, 0) is 4.79 Å². The summed E-state index contributed by atoms with van der Waals surface area (Å²) in [4.78, 5) is 10.6. The molecule has 2 nitrogen and oxygen atoms in total. The summed E-state index contributed by atoms with van der Waals surface area (Å²) in [7, 11) is 0. The van der Waals surface area contributed by atoms with Crippen LogP contribution < -0.4 is 5.32 Å². The van der Waals surface area contributed by atoms with Gasteiger partial charge in [0.25, 0.3) is 0 Å². The number of nitrogens with one attached hydrogen (secondary N) is 1. The monoisotopic (exact) mass is 301 g/mol. The maximum absolute atomic E-state index is 10.6. The van der Waals surface area contributed by atoms with Crippen LogP contribution in [0.25, 0.3) is 6.08 Å². The SMILES string of the molecule is CC(=O)NCCC=Cc1cc(Cl)cc(Br)c1. The zero-order chi connectivity index (χ0) is 12.0. The molecule has 0 radical (unpaired) electrons. The third-order valence-electron chi connectivity index (χ3n) is 1.88. The normalized spacial score (nSPS) is 10.7. The first-order chi connectivity index (χ1) is 7.58. The number of rotatable bonds is 4. The van der Waals surface area contributed by atoms with Crippen LogP contribution in [0.2, 0.25) is 5.02 Å². The highest BCUT2D eigenvalue weighted by Crippen LogP contribution is 2.20. The van der Waals surface area contributed by atoms with Crippen molar-refractivity contribution in [2.45, 2.75) is 13.3 Å². The Morgan fingerprint density at radius 2 is 2.25 bits per heavy atom. The van der Waals surface area contributed by atoms with Crippen molar-refractivity contribution in [1.82, 2.24) is 5.32 Å². The molecule has 1 aromatic rings. The summed E-state index contributed by atoms with van der Waals surface area (Å²) in [5.74, 6) is -0.00102. The molecule has 0 bridgehead atoms. The summed E-state index contributed by atoms with van der Waals surface area (Å²) >= 11 is 9.29. The van der Waals surface area contributed by atoms with Gasteiger partial charge in [0.1, 0.15) is 0 Å². The van der Waals surface area contributed by atoms with E-state index in [9.17, 15) is 4.79 Å². The summed E-state index contributed by atoms with van der Waals surface area (Å²) in [6, 6.07) is 5.72. The van der Waals surface area contributed by atoms with Gasteiger partial charge in [-0.15, -0.1) is 0 Å². The number of halogens is 2. The van der Waals surface area contributed by atoms with Crippen LogP contribution in [0, 0.1) is 0 Å². The van der Waals surface area contributed by atoms with Gasteiger partial charge in [-0.3, -0.25) is 4.79 Å². The van der Waals surface area contributed by atoms with E-state index in [1.165, 1.54) is 6.92 Å². The van der Waals surface area contributed by atoms with Gasteiger partial charge in [0.2, 0.25) is 5.91 Å². The minimum absolute atomic E-state index is 0.00102. The van der Waals surface area contributed by atoms with Crippen LogP contribution in [0.3, 0.4) is 0 Å². The van der Waals surface area contributed by atoms with Crippen LogP contribution in [0.15, 0.2) is 28.7 Å². The summed E-state index contributed by atoms with van der Waals surface area (Å²) in [5.41, 5.74) is 1.04. The van der Waals surface area contributed by atoms with Crippen molar-refractivity contribution >= 4 is 39.5 Å². The van der Waals surface area contributed by atoms with Crippen molar-refractivity contribution in [2.24, 2.45) is 0 Å². The van der Waals surface area contributed by atoms with Crippen molar-refractivity contribution in [2.75, 3.05) is 6.54 Å². The van der Waals surface area contributed by atoms with Crippen LogP contribution in [-0.4, -0.2) is 12.5 Å². The Balaban J connectivity index is 2.46. The maximum Gasteiger partial charge on any atom is 0.216 e. The number of carbonyl (C=O) groups is 1. The lowest BCUT2D eigenvalue weighted by molar-refractivity contribution is -0.118. The molecule has 1 rings (SSSR count). The third-order valence-corrected chi connectivity index (χ3v) is 2.56. The Morgan fingerprint density at radius 1 is 1.50 bits per heavy atom. The second kappa shape index (κ2) is 6.71. The average Bonchev–Trinajstić information content (AvgIpc) is 2.15. The molecule has 0 unspecified atom stereocenters. The number of hydrogen-bond acceptors (Lipinski definition) is 1. The second-order valence-corrected chi connectivity index (χ2v) is 4.73. The molecule has 1 N–H and O–H groups in total. The highest BCUT2D eigenvalue weighted by Gasteiger charge is 1.94. The first kappa shape index (κ1) is 13.3. The highest BCUT2D eigenvalue weighted by molar-refractivity contribution is 9.10. The van der Waals surface area contributed by atoms with Crippen molar-refractivity contribution in [3.8, 4) is 0 Å². The van der Waals surface area contributed by atoms with Crippen molar-refractivity contribution in [1.29, 1.82) is 0 Å². The van der Waals surface area contributed by atoms with Crippen LogP contribution in [0.4, 0.5) is 0 Å². The van der Waals surface area contributed by atoms with Gasteiger partial charge in [-0.2, -0.15) is 0 Å². The molecule has 0 aliphatic heterocycles. The summed E-state index contributed by atoms with van der Waals surface area (Å²) in [5, 5.41) is 3.43. The van der Waals surface area contributed by atoms with Gasteiger partial charge in [0.05, 0.1) is 0 Å². The fraction of sp³-hybridized carbons (Fsp3) is 0.250. The molecule has 0 aromatic heterocycles. The van der Waals surface area contributed by atoms with Gasteiger partial charge in [-0.05, 0) is 30.2 Å². The van der Waals surface area contributed by atoms with E-state index in [4.69, 9.17) is 11.6 Å². The molecule has 1 amide bonds.